The molecule has 1 aliphatic carbocycles. The zero-order chi connectivity index (χ0) is 15.8. The number of hydrogen-bond acceptors (Lipinski definition) is 4. The van der Waals surface area contributed by atoms with E-state index < -0.39 is 0 Å². The number of aromatic nitrogens is 2. The van der Waals surface area contributed by atoms with Crippen LogP contribution in [0.5, 0.6) is 0 Å². The fourth-order valence-corrected chi connectivity index (χ4v) is 4.69. The van der Waals surface area contributed by atoms with Crippen LogP contribution in [-0.2, 0) is 25.8 Å². The van der Waals surface area contributed by atoms with Gasteiger partial charge in [0.1, 0.15) is 16.4 Å². The predicted molar refractivity (Wildman–Crippen MR) is 92.3 cm³/mol. The highest BCUT2D eigenvalue weighted by Gasteiger charge is 2.22. The van der Waals surface area contributed by atoms with Gasteiger partial charge in [-0.2, -0.15) is 0 Å². The summed E-state index contributed by atoms with van der Waals surface area (Å²) < 4.78 is 7.26. The van der Waals surface area contributed by atoms with Crippen molar-refractivity contribution in [1.82, 2.24) is 9.55 Å². The molecule has 0 atom stereocenters. The second kappa shape index (κ2) is 5.96. The zero-order valence-corrected chi connectivity index (χ0v) is 14.1. The first kappa shape index (κ1) is 14.7. The largest absolute Gasteiger partial charge is 0.467 e. The lowest BCUT2D eigenvalue weighted by Crippen LogP contribution is -2.26. The molecule has 0 bridgehead atoms. The highest BCUT2D eigenvalue weighted by Crippen LogP contribution is 2.33. The van der Waals surface area contributed by atoms with Crippen molar-refractivity contribution in [1.29, 1.82) is 0 Å². The Kier molecular flexibility index (Phi) is 3.81. The van der Waals surface area contributed by atoms with Crippen molar-refractivity contribution >= 4 is 21.6 Å². The Morgan fingerprint density at radius 2 is 2.22 bits per heavy atom. The second-order valence-corrected chi connectivity index (χ2v) is 7.22. The summed E-state index contributed by atoms with van der Waals surface area (Å²) in [4.78, 5) is 20.3. The molecule has 3 aromatic rings. The van der Waals surface area contributed by atoms with E-state index in [9.17, 15) is 4.79 Å². The third kappa shape index (κ3) is 2.53. The molecule has 0 aliphatic heterocycles. The minimum atomic E-state index is 0.106. The van der Waals surface area contributed by atoms with Crippen molar-refractivity contribution in [2.24, 2.45) is 0 Å². The third-order valence-corrected chi connectivity index (χ3v) is 5.71. The molecule has 4 rings (SSSR count). The number of fused-ring (bicyclic) bond motifs is 3. The first-order valence-electron chi connectivity index (χ1n) is 8.34. The van der Waals surface area contributed by atoms with Gasteiger partial charge >= 0.3 is 0 Å². The van der Waals surface area contributed by atoms with Crippen LogP contribution in [0.2, 0.25) is 0 Å². The van der Waals surface area contributed by atoms with Crippen LogP contribution in [0.15, 0.2) is 27.6 Å². The minimum Gasteiger partial charge on any atom is -0.467 e. The van der Waals surface area contributed by atoms with Crippen molar-refractivity contribution in [3.63, 3.8) is 0 Å². The van der Waals surface area contributed by atoms with Crippen molar-refractivity contribution in [2.45, 2.75) is 52.0 Å². The molecule has 5 heteroatoms. The van der Waals surface area contributed by atoms with Crippen LogP contribution in [0.25, 0.3) is 10.2 Å². The lowest BCUT2D eigenvalue weighted by Gasteiger charge is -2.12. The van der Waals surface area contributed by atoms with E-state index >= 15 is 0 Å². The van der Waals surface area contributed by atoms with Gasteiger partial charge in [0.15, 0.2) is 0 Å². The van der Waals surface area contributed by atoms with E-state index in [4.69, 9.17) is 9.40 Å². The lowest BCUT2D eigenvalue weighted by atomic mass is 9.97. The minimum absolute atomic E-state index is 0.106. The summed E-state index contributed by atoms with van der Waals surface area (Å²) in [6, 6.07) is 3.77. The summed E-state index contributed by atoms with van der Waals surface area (Å²) in [6.07, 6.45) is 7.94. The van der Waals surface area contributed by atoms with Crippen molar-refractivity contribution < 1.29 is 4.42 Å². The third-order valence-electron chi connectivity index (χ3n) is 4.52. The molecule has 0 fully saturated rings. The molecule has 0 amide bonds. The monoisotopic (exact) mass is 328 g/mol. The number of aryl methyl sites for hydroxylation is 3. The van der Waals surface area contributed by atoms with Gasteiger partial charge in [-0.05, 0) is 49.8 Å². The summed E-state index contributed by atoms with van der Waals surface area (Å²) >= 11 is 1.72. The molecule has 0 unspecified atom stereocenters. The molecule has 3 heterocycles. The van der Waals surface area contributed by atoms with Crippen LogP contribution in [0.3, 0.4) is 0 Å². The van der Waals surface area contributed by atoms with Crippen molar-refractivity contribution in [2.75, 3.05) is 0 Å². The first-order chi connectivity index (χ1) is 11.3. The second-order valence-electron chi connectivity index (χ2n) is 6.14. The maximum absolute atomic E-state index is 13.2. The smallest absolute Gasteiger partial charge is 0.262 e. The Morgan fingerprint density at radius 1 is 1.35 bits per heavy atom. The molecule has 120 valence electrons. The number of nitrogens with zero attached hydrogens (tertiary/aromatic N) is 2. The highest BCUT2D eigenvalue weighted by atomic mass is 32.1. The maximum atomic E-state index is 13.2. The Morgan fingerprint density at radius 3 is 3.00 bits per heavy atom. The molecule has 0 saturated carbocycles. The van der Waals surface area contributed by atoms with E-state index in [-0.39, 0.29) is 5.56 Å². The summed E-state index contributed by atoms with van der Waals surface area (Å²) in [5.74, 6) is 1.68. The summed E-state index contributed by atoms with van der Waals surface area (Å²) in [6.45, 7) is 2.59. The number of furan rings is 1. The van der Waals surface area contributed by atoms with Crippen LogP contribution in [0.1, 0.15) is 48.2 Å². The van der Waals surface area contributed by atoms with Crippen LogP contribution >= 0.6 is 11.3 Å². The van der Waals surface area contributed by atoms with Crippen molar-refractivity contribution in [3.8, 4) is 0 Å². The number of thiophene rings is 1. The SMILES string of the molecule is CCCc1nc2sc3c(c2c(=O)n1Cc1ccco1)CCCC3. The highest BCUT2D eigenvalue weighted by molar-refractivity contribution is 7.18. The molecule has 23 heavy (non-hydrogen) atoms. The number of hydrogen-bond donors (Lipinski definition) is 0. The molecule has 0 N–H and O–H groups in total. The molecule has 0 radical (unpaired) electrons. The summed E-state index contributed by atoms with van der Waals surface area (Å²) in [5, 5.41) is 0.858. The van der Waals surface area contributed by atoms with Crippen LogP contribution in [-0.4, -0.2) is 9.55 Å². The maximum Gasteiger partial charge on any atom is 0.262 e. The molecule has 4 nitrogen and oxygen atoms in total. The molecular formula is C18H20N2O2S. The van der Waals surface area contributed by atoms with E-state index in [2.05, 4.69) is 6.92 Å². The van der Waals surface area contributed by atoms with Gasteiger partial charge in [-0.1, -0.05) is 6.92 Å². The standard InChI is InChI=1S/C18H20N2O2S/c1-2-6-15-19-17-16(13-8-3-4-9-14(13)23-17)18(21)20(15)11-12-7-5-10-22-12/h5,7,10H,2-4,6,8-9,11H2,1H3. The Labute approximate surface area is 138 Å². The van der Waals surface area contributed by atoms with Crippen LogP contribution in [0.4, 0.5) is 0 Å². The zero-order valence-electron chi connectivity index (χ0n) is 13.3. The molecule has 1 aliphatic rings. The van der Waals surface area contributed by atoms with E-state index in [0.29, 0.717) is 6.54 Å². The molecular weight excluding hydrogens is 308 g/mol. The van der Waals surface area contributed by atoms with Gasteiger partial charge in [0.25, 0.3) is 5.56 Å². The van der Waals surface area contributed by atoms with E-state index in [1.54, 1.807) is 17.6 Å². The van der Waals surface area contributed by atoms with Gasteiger partial charge in [-0.15, -0.1) is 11.3 Å². The van der Waals surface area contributed by atoms with Crippen LogP contribution in [0, 0.1) is 0 Å². The lowest BCUT2D eigenvalue weighted by molar-refractivity contribution is 0.482. The molecule has 0 aromatic carbocycles. The fraction of sp³-hybridized carbons (Fsp3) is 0.444. The van der Waals surface area contributed by atoms with Crippen molar-refractivity contribution in [3.05, 3.63) is 50.8 Å². The summed E-state index contributed by atoms with van der Waals surface area (Å²) in [7, 11) is 0. The van der Waals surface area contributed by atoms with Gasteiger partial charge in [0.2, 0.25) is 0 Å². The predicted octanol–water partition coefficient (Wildman–Crippen LogP) is 3.93. The molecule has 0 spiro atoms. The van der Waals surface area contributed by atoms with E-state index in [0.717, 1.165) is 47.5 Å². The number of rotatable bonds is 4. The van der Waals surface area contributed by atoms with Gasteiger partial charge in [0, 0.05) is 11.3 Å². The fourth-order valence-electron chi connectivity index (χ4n) is 3.42. The van der Waals surface area contributed by atoms with E-state index in [1.807, 2.05) is 16.7 Å². The molecule has 0 saturated heterocycles. The summed E-state index contributed by atoms with van der Waals surface area (Å²) in [5.41, 5.74) is 1.36. The molecule has 3 aromatic heterocycles. The first-order valence-corrected chi connectivity index (χ1v) is 9.16. The van der Waals surface area contributed by atoms with Gasteiger partial charge in [-0.25, -0.2) is 4.98 Å². The average molecular weight is 328 g/mol. The van der Waals surface area contributed by atoms with Crippen LogP contribution < -0.4 is 5.56 Å². The Bertz CT molecular complexity index is 890. The average Bonchev–Trinajstić information content (AvgIpc) is 3.18. The van der Waals surface area contributed by atoms with Gasteiger partial charge in [0.05, 0.1) is 18.2 Å². The Balaban J connectivity index is 1.93. The topological polar surface area (TPSA) is 48.0 Å². The quantitative estimate of drug-likeness (QED) is 0.729. The van der Waals surface area contributed by atoms with E-state index in [1.165, 1.54) is 23.3 Å². The van der Waals surface area contributed by atoms with Gasteiger partial charge in [-0.3, -0.25) is 9.36 Å². The van der Waals surface area contributed by atoms with Gasteiger partial charge < -0.3 is 4.42 Å². The normalized spacial score (nSPS) is 14.3. The Hall–Kier alpha value is -1.88.